The van der Waals surface area contributed by atoms with Crippen molar-refractivity contribution in [2.45, 2.75) is 19.4 Å². The molecular weight excluding hydrogens is 172 g/mol. The molecule has 1 atom stereocenters. The fourth-order valence-electron chi connectivity index (χ4n) is 0.276. The Hall–Kier alpha value is 0.110. The average Bonchev–Trinajstić information content (AvgIpc) is 1.87. The summed E-state index contributed by atoms with van der Waals surface area (Å²) in [5.41, 5.74) is -0.500. The van der Waals surface area contributed by atoms with E-state index in [0.717, 1.165) is 11.8 Å². The van der Waals surface area contributed by atoms with Crippen molar-refractivity contribution in [3.8, 4) is 0 Å². The highest BCUT2D eigenvalue weighted by molar-refractivity contribution is 8.12. The molecule has 0 fully saturated rings. The van der Waals surface area contributed by atoms with Gasteiger partial charge in [0.1, 0.15) is 0 Å². The first-order chi connectivity index (χ1) is 4.57. The van der Waals surface area contributed by atoms with Gasteiger partial charge in [-0.1, -0.05) is 25.4 Å². The van der Waals surface area contributed by atoms with Crippen LogP contribution < -0.4 is 0 Å². The van der Waals surface area contributed by atoms with Crippen molar-refractivity contribution in [1.82, 2.24) is 0 Å². The van der Waals surface area contributed by atoms with Gasteiger partial charge in [0.05, 0.1) is 0 Å². The van der Waals surface area contributed by atoms with Crippen LogP contribution in [0.5, 0.6) is 0 Å². The molecule has 0 aromatic heterocycles. The second-order valence-corrected chi connectivity index (χ2v) is 3.34. The Morgan fingerprint density at radius 2 is 2.10 bits per heavy atom. The second-order valence-electron chi connectivity index (χ2n) is 2.17. The average molecular weight is 183 g/mol. The summed E-state index contributed by atoms with van der Waals surface area (Å²) in [7, 11) is 0. The lowest BCUT2D eigenvalue weighted by molar-refractivity contribution is 0.140. The maximum absolute atomic E-state index is 10.6. The van der Waals surface area contributed by atoms with Gasteiger partial charge in [-0.05, 0) is 18.0 Å². The quantitative estimate of drug-likeness (QED) is 0.485. The van der Waals surface area contributed by atoms with Gasteiger partial charge in [-0.15, -0.1) is 0 Å². The van der Waals surface area contributed by atoms with Crippen LogP contribution in [-0.4, -0.2) is 17.1 Å². The molecule has 0 aromatic rings. The van der Waals surface area contributed by atoms with E-state index in [1.807, 2.05) is 13.8 Å². The number of alkyl halides is 1. The van der Waals surface area contributed by atoms with E-state index in [4.69, 9.17) is 16.3 Å². The number of rotatable bonds is 2. The van der Waals surface area contributed by atoms with Crippen molar-refractivity contribution in [2.24, 2.45) is 5.92 Å². The van der Waals surface area contributed by atoms with Gasteiger partial charge in [-0.25, -0.2) is 4.79 Å². The Morgan fingerprint density at radius 3 is 2.40 bits per heavy atom. The smallest absolute Gasteiger partial charge is 0.368 e. The van der Waals surface area contributed by atoms with Crippen molar-refractivity contribution in [2.75, 3.05) is 6.26 Å². The fraction of sp³-hybridized carbons (Fsp3) is 0.833. The predicted molar refractivity (Wildman–Crippen MR) is 44.5 cm³/mol. The van der Waals surface area contributed by atoms with Crippen LogP contribution in [-0.2, 0) is 4.74 Å². The van der Waals surface area contributed by atoms with E-state index in [9.17, 15) is 4.79 Å². The Morgan fingerprint density at radius 1 is 1.60 bits per heavy atom. The minimum atomic E-state index is -0.500. The lowest BCUT2D eigenvalue weighted by Crippen LogP contribution is -2.14. The second kappa shape index (κ2) is 4.85. The number of hydrogen-bond donors (Lipinski definition) is 0. The van der Waals surface area contributed by atoms with E-state index in [2.05, 4.69) is 0 Å². The molecule has 10 heavy (non-hydrogen) atoms. The zero-order chi connectivity index (χ0) is 8.15. The highest BCUT2D eigenvalue weighted by atomic mass is 35.5. The van der Waals surface area contributed by atoms with Crippen LogP contribution in [0, 0.1) is 5.92 Å². The van der Waals surface area contributed by atoms with E-state index in [0.29, 0.717) is 0 Å². The van der Waals surface area contributed by atoms with E-state index >= 15 is 0 Å². The highest BCUT2D eigenvalue weighted by Gasteiger charge is 2.13. The molecule has 0 saturated heterocycles. The maximum Gasteiger partial charge on any atom is 0.368 e. The van der Waals surface area contributed by atoms with Crippen LogP contribution in [0.15, 0.2) is 0 Å². The largest absolute Gasteiger partial charge is 0.438 e. The van der Waals surface area contributed by atoms with Gasteiger partial charge in [0.2, 0.25) is 0 Å². The zero-order valence-corrected chi connectivity index (χ0v) is 7.83. The number of thioether (sulfide) groups is 1. The van der Waals surface area contributed by atoms with Crippen LogP contribution in [0.1, 0.15) is 13.8 Å². The van der Waals surface area contributed by atoms with E-state index in [1.54, 1.807) is 6.26 Å². The van der Waals surface area contributed by atoms with Crippen molar-refractivity contribution >= 4 is 28.7 Å². The first kappa shape index (κ1) is 10.1. The van der Waals surface area contributed by atoms with Gasteiger partial charge < -0.3 is 4.74 Å². The number of ether oxygens (including phenoxy) is 1. The molecule has 0 rings (SSSR count). The van der Waals surface area contributed by atoms with E-state index in [-0.39, 0.29) is 11.2 Å². The highest BCUT2D eigenvalue weighted by Crippen LogP contribution is 2.14. The molecule has 0 heterocycles. The molecule has 4 heteroatoms. The summed E-state index contributed by atoms with van der Waals surface area (Å²) >= 11 is 6.66. The van der Waals surface area contributed by atoms with Crippen LogP contribution in [0.3, 0.4) is 0 Å². The molecule has 2 nitrogen and oxygen atoms in total. The molecule has 0 spiro atoms. The van der Waals surface area contributed by atoms with Crippen LogP contribution in [0.2, 0.25) is 0 Å². The Kier molecular flexibility index (Phi) is 4.91. The summed E-state index contributed by atoms with van der Waals surface area (Å²) in [6.07, 6.45) is 1.66. The van der Waals surface area contributed by atoms with Crippen LogP contribution in [0.4, 0.5) is 4.79 Å². The summed E-state index contributed by atoms with van der Waals surface area (Å²) in [4.78, 5) is 10.6. The van der Waals surface area contributed by atoms with E-state index in [1.165, 1.54) is 0 Å². The van der Waals surface area contributed by atoms with Crippen molar-refractivity contribution in [1.29, 1.82) is 0 Å². The third-order valence-electron chi connectivity index (χ3n) is 0.900. The molecule has 0 N–H and O–H groups in total. The van der Waals surface area contributed by atoms with Crippen LogP contribution in [0.25, 0.3) is 0 Å². The number of carbonyl (C=O) groups is 1. The van der Waals surface area contributed by atoms with Crippen LogP contribution >= 0.6 is 23.4 Å². The van der Waals surface area contributed by atoms with Gasteiger partial charge in [-0.3, -0.25) is 0 Å². The standard InChI is InChI=1S/C6H11ClO2S/c1-4(2)5(7)9-6(8)10-3/h4-5H,1-3H3. The minimum Gasteiger partial charge on any atom is -0.438 e. The summed E-state index contributed by atoms with van der Waals surface area (Å²) in [6.45, 7) is 3.79. The lowest BCUT2D eigenvalue weighted by Gasteiger charge is -2.12. The topological polar surface area (TPSA) is 26.3 Å². The van der Waals surface area contributed by atoms with Gasteiger partial charge in [-0.2, -0.15) is 0 Å². The van der Waals surface area contributed by atoms with E-state index < -0.39 is 5.56 Å². The minimum absolute atomic E-state index is 0.165. The van der Waals surface area contributed by atoms with Gasteiger partial charge in [0, 0.05) is 5.92 Å². The number of carbonyl (C=O) groups excluding carboxylic acids is 1. The molecule has 0 radical (unpaired) electrons. The molecule has 0 bridgehead atoms. The molecule has 0 aliphatic heterocycles. The lowest BCUT2D eigenvalue weighted by atomic mass is 10.2. The third kappa shape index (κ3) is 4.01. The third-order valence-corrected chi connectivity index (χ3v) is 1.92. The summed E-state index contributed by atoms with van der Waals surface area (Å²) in [6, 6.07) is 0. The zero-order valence-electron chi connectivity index (χ0n) is 6.26. The fourth-order valence-corrected chi connectivity index (χ4v) is 0.610. The molecule has 0 aromatic carbocycles. The SMILES string of the molecule is CSC(=O)OC(Cl)C(C)C. The molecule has 0 aliphatic rings. The Bertz CT molecular complexity index is 116. The Balaban J connectivity index is 3.57. The summed E-state index contributed by atoms with van der Waals surface area (Å²) in [5.74, 6) is 0.165. The van der Waals surface area contributed by atoms with Crippen molar-refractivity contribution in [3.05, 3.63) is 0 Å². The van der Waals surface area contributed by atoms with Gasteiger partial charge in [0.25, 0.3) is 0 Å². The van der Waals surface area contributed by atoms with Crippen molar-refractivity contribution in [3.63, 3.8) is 0 Å². The monoisotopic (exact) mass is 182 g/mol. The molecule has 1 unspecified atom stereocenters. The van der Waals surface area contributed by atoms with Crippen molar-refractivity contribution < 1.29 is 9.53 Å². The van der Waals surface area contributed by atoms with Gasteiger partial charge >= 0.3 is 5.30 Å². The Labute approximate surface area is 70.3 Å². The summed E-state index contributed by atoms with van der Waals surface area (Å²) in [5, 5.41) is -0.325. The molecule has 0 saturated carbocycles. The molecule has 60 valence electrons. The number of hydrogen-bond acceptors (Lipinski definition) is 3. The first-order valence-corrected chi connectivity index (χ1v) is 4.62. The predicted octanol–water partition coefficient (Wildman–Crippen LogP) is 2.71. The number of halogens is 1. The normalized spacial score (nSPS) is 13.3. The van der Waals surface area contributed by atoms with Gasteiger partial charge in [0.15, 0.2) is 5.56 Å². The first-order valence-electron chi connectivity index (χ1n) is 2.96. The molecular formula is C6H11ClO2S. The molecule has 0 aliphatic carbocycles. The molecule has 0 amide bonds. The maximum atomic E-state index is 10.6. The summed E-state index contributed by atoms with van der Waals surface area (Å²) < 4.78 is 4.75.